The number of carbonyl (C=O) groups excluding carboxylic acids is 4. The number of carbonyl (C=O) groups is 4. The van der Waals surface area contributed by atoms with Crippen molar-refractivity contribution in [2.75, 3.05) is 7.11 Å². The molecular weight excluding hydrogens is 599 g/mol. The molecule has 41 heavy (non-hydrogen) atoms. The summed E-state index contributed by atoms with van der Waals surface area (Å²) in [5.41, 5.74) is -3.50. The van der Waals surface area contributed by atoms with E-state index in [0.29, 0.717) is 0 Å². The minimum Gasteiger partial charge on any atom is -0.467 e. The maximum Gasteiger partial charge on any atom is 0.347 e. The zero-order valence-electron chi connectivity index (χ0n) is 21.6. The first-order valence-corrected chi connectivity index (χ1v) is 13.2. The lowest BCUT2D eigenvalue weighted by Gasteiger charge is -2.43. The fourth-order valence-corrected chi connectivity index (χ4v) is 5.30. The van der Waals surface area contributed by atoms with Crippen molar-refractivity contribution in [1.82, 2.24) is 8.54 Å². The van der Waals surface area contributed by atoms with Gasteiger partial charge in [-0.25, -0.2) is 22.6 Å². The summed E-state index contributed by atoms with van der Waals surface area (Å²) in [6.45, 7) is 2.68. The largest absolute Gasteiger partial charge is 0.467 e. The van der Waals surface area contributed by atoms with E-state index < -0.39 is 86.5 Å². The van der Waals surface area contributed by atoms with Gasteiger partial charge in [0.15, 0.2) is 30.6 Å². The molecule has 1 aromatic heterocycles. The van der Waals surface area contributed by atoms with Crippen molar-refractivity contribution in [2.24, 2.45) is 0 Å². The maximum absolute atomic E-state index is 15.0. The zero-order chi connectivity index (χ0) is 30.8. The van der Waals surface area contributed by atoms with E-state index in [0.717, 1.165) is 40.0 Å². The third-order valence-electron chi connectivity index (χ3n) is 5.53. The SMILES string of the molecule is COC(=O)[C@H]1O[C@@H](n2c(=O)c(F)cn(S(=O)(=O)c3ccc(Cl)cc3)c2=O)[C@H](OC(C)=O)[C@@H](OC(C)=O)[C@@H]1OC(C)=O. The van der Waals surface area contributed by atoms with E-state index in [9.17, 15) is 41.6 Å². The molecular formula is C23H22ClFN2O13S. The van der Waals surface area contributed by atoms with Gasteiger partial charge < -0.3 is 23.7 Å². The predicted molar refractivity (Wildman–Crippen MR) is 132 cm³/mol. The van der Waals surface area contributed by atoms with Crippen LogP contribution in [-0.4, -0.2) is 72.4 Å². The highest BCUT2D eigenvalue weighted by molar-refractivity contribution is 7.90. The number of hydrogen-bond acceptors (Lipinski definition) is 13. The number of esters is 4. The molecule has 0 bridgehead atoms. The molecule has 0 spiro atoms. The molecule has 0 aliphatic carbocycles. The Morgan fingerprint density at radius 2 is 1.41 bits per heavy atom. The molecule has 1 aliphatic rings. The Balaban J connectivity index is 2.34. The van der Waals surface area contributed by atoms with Gasteiger partial charge in [0.2, 0.25) is 5.82 Å². The molecule has 222 valence electrons. The summed E-state index contributed by atoms with van der Waals surface area (Å²) < 4.78 is 66.7. The molecule has 5 atom stereocenters. The van der Waals surface area contributed by atoms with Gasteiger partial charge in [0.25, 0.3) is 15.6 Å². The van der Waals surface area contributed by atoms with Crippen LogP contribution in [-0.2, 0) is 52.9 Å². The van der Waals surface area contributed by atoms with Crippen molar-refractivity contribution in [3.05, 3.63) is 62.1 Å². The average Bonchev–Trinajstić information content (AvgIpc) is 2.88. The van der Waals surface area contributed by atoms with E-state index in [1.807, 2.05) is 0 Å². The summed E-state index contributed by atoms with van der Waals surface area (Å²) >= 11 is 5.78. The summed E-state index contributed by atoms with van der Waals surface area (Å²) in [5.74, 6) is -6.27. The third kappa shape index (κ3) is 6.47. The smallest absolute Gasteiger partial charge is 0.347 e. The summed E-state index contributed by atoms with van der Waals surface area (Å²) in [4.78, 5) is 74.4. The van der Waals surface area contributed by atoms with E-state index in [1.165, 1.54) is 12.1 Å². The molecule has 0 N–H and O–H groups in total. The van der Waals surface area contributed by atoms with Gasteiger partial charge in [-0.2, -0.15) is 8.36 Å². The molecule has 1 saturated heterocycles. The molecule has 0 radical (unpaired) electrons. The van der Waals surface area contributed by atoms with Crippen molar-refractivity contribution in [3.63, 3.8) is 0 Å². The van der Waals surface area contributed by atoms with Crippen LogP contribution < -0.4 is 11.2 Å². The minimum absolute atomic E-state index is 0.0904. The van der Waals surface area contributed by atoms with Crippen LogP contribution in [0.2, 0.25) is 5.02 Å². The van der Waals surface area contributed by atoms with Gasteiger partial charge in [-0.05, 0) is 24.3 Å². The Morgan fingerprint density at radius 3 is 1.93 bits per heavy atom. The van der Waals surface area contributed by atoms with Crippen LogP contribution in [0.3, 0.4) is 0 Å². The zero-order valence-corrected chi connectivity index (χ0v) is 23.2. The van der Waals surface area contributed by atoms with Crippen LogP contribution in [0.25, 0.3) is 0 Å². The Bertz CT molecular complexity index is 1600. The monoisotopic (exact) mass is 620 g/mol. The lowest BCUT2D eigenvalue weighted by atomic mass is 9.96. The lowest BCUT2D eigenvalue weighted by Crippen LogP contribution is -2.64. The second kappa shape index (κ2) is 12.2. The highest BCUT2D eigenvalue weighted by Gasteiger charge is 2.56. The van der Waals surface area contributed by atoms with Gasteiger partial charge >= 0.3 is 29.6 Å². The van der Waals surface area contributed by atoms with Crippen molar-refractivity contribution in [1.29, 1.82) is 0 Å². The molecule has 0 unspecified atom stereocenters. The summed E-state index contributed by atoms with van der Waals surface area (Å²) in [6.07, 6.45) is -10.1. The first-order chi connectivity index (χ1) is 19.1. The van der Waals surface area contributed by atoms with E-state index in [-0.39, 0.29) is 19.8 Å². The normalized spacial score (nSPS) is 22.3. The molecule has 0 saturated carbocycles. The number of aromatic nitrogens is 2. The van der Waals surface area contributed by atoms with Crippen LogP contribution in [0.15, 0.2) is 44.9 Å². The number of ether oxygens (including phenoxy) is 5. The Kier molecular flexibility index (Phi) is 9.35. The molecule has 1 aliphatic heterocycles. The minimum atomic E-state index is -4.88. The molecule has 18 heteroatoms. The van der Waals surface area contributed by atoms with Gasteiger partial charge in [0, 0.05) is 25.8 Å². The number of rotatable bonds is 7. The lowest BCUT2D eigenvalue weighted by molar-refractivity contribution is -0.264. The first-order valence-electron chi connectivity index (χ1n) is 11.4. The van der Waals surface area contributed by atoms with Crippen molar-refractivity contribution < 1.29 is 55.7 Å². The van der Waals surface area contributed by atoms with Crippen LogP contribution in [0, 0.1) is 5.82 Å². The van der Waals surface area contributed by atoms with Gasteiger partial charge in [-0.15, -0.1) is 0 Å². The molecule has 2 aromatic rings. The molecule has 2 heterocycles. The van der Waals surface area contributed by atoms with Crippen molar-refractivity contribution in [3.8, 4) is 0 Å². The number of methoxy groups -OCH3 is 1. The second-order valence-electron chi connectivity index (χ2n) is 8.38. The summed E-state index contributed by atoms with van der Waals surface area (Å²) in [6, 6.07) is 4.35. The standard InChI is InChI=1S/C23H22ClFN2O13S/c1-10(28)37-16-17(38-11(2)29)19(22(32)36-4)40-21(18(16)39-12(3)30)27-20(31)15(25)9-26(23(27)33)41(34,35)14-7-5-13(24)6-8-14/h5-9,16-19,21H,1-4H3/t16-,17-,18+,19-,21+/m0/s1. The number of benzene rings is 1. The highest BCUT2D eigenvalue weighted by Crippen LogP contribution is 2.34. The Labute approximate surface area is 235 Å². The van der Waals surface area contributed by atoms with E-state index >= 15 is 0 Å². The highest BCUT2D eigenvalue weighted by atomic mass is 35.5. The third-order valence-corrected chi connectivity index (χ3v) is 7.43. The molecule has 1 aromatic carbocycles. The maximum atomic E-state index is 15.0. The van der Waals surface area contributed by atoms with E-state index in [1.54, 1.807) is 0 Å². The number of halogens is 2. The van der Waals surface area contributed by atoms with E-state index in [2.05, 4.69) is 4.74 Å². The van der Waals surface area contributed by atoms with E-state index in [4.69, 9.17) is 30.5 Å². The first kappa shape index (κ1) is 31.4. The fraction of sp³-hybridized carbons (Fsp3) is 0.391. The van der Waals surface area contributed by atoms with Crippen molar-refractivity contribution in [2.45, 2.75) is 56.3 Å². The molecule has 0 amide bonds. The number of hydrogen-bond donors (Lipinski definition) is 0. The van der Waals surface area contributed by atoms with Crippen LogP contribution >= 0.6 is 11.6 Å². The van der Waals surface area contributed by atoms with Gasteiger partial charge in [-0.1, -0.05) is 11.6 Å². The number of nitrogens with zero attached hydrogens (tertiary/aromatic N) is 2. The summed E-state index contributed by atoms with van der Waals surface area (Å²) in [5, 5.41) is 0.139. The van der Waals surface area contributed by atoms with Gasteiger partial charge in [0.1, 0.15) is 0 Å². The molecule has 3 rings (SSSR count). The fourth-order valence-electron chi connectivity index (χ4n) is 3.94. The molecule has 1 fully saturated rings. The predicted octanol–water partition coefficient (Wildman–Crippen LogP) is -0.0950. The quantitative estimate of drug-likeness (QED) is 0.295. The van der Waals surface area contributed by atoms with Gasteiger partial charge in [0.05, 0.1) is 18.2 Å². The Hall–Kier alpha value is -4.09. The van der Waals surface area contributed by atoms with Crippen LogP contribution in [0.1, 0.15) is 27.0 Å². The topological polar surface area (TPSA) is 193 Å². The summed E-state index contributed by atoms with van der Waals surface area (Å²) in [7, 11) is -3.99. The van der Waals surface area contributed by atoms with Crippen LogP contribution in [0.5, 0.6) is 0 Å². The second-order valence-corrected chi connectivity index (χ2v) is 10.6. The average molecular weight is 621 g/mol. The molecule has 15 nitrogen and oxygen atoms in total. The Morgan fingerprint density at radius 1 is 0.902 bits per heavy atom. The van der Waals surface area contributed by atoms with Crippen LogP contribution in [0.4, 0.5) is 4.39 Å². The van der Waals surface area contributed by atoms with Crippen molar-refractivity contribution >= 4 is 45.5 Å². The van der Waals surface area contributed by atoms with Gasteiger partial charge in [-0.3, -0.25) is 19.2 Å².